The Hall–Kier alpha value is -3.22. The molecule has 152 valence electrons. The van der Waals surface area contributed by atoms with Gasteiger partial charge in [-0.15, -0.1) is 0 Å². The fraction of sp³-hybridized carbons (Fsp3) is 0.364. The minimum atomic E-state index is -0.0649. The van der Waals surface area contributed by atoms with Crippen molar-refractivity contribution in [3.05, 3.63) is 64.2 Å². The number of hydrogen-bond donors (Lipinski definition) is 1. The average molecular weight is 393 g/mol. The number of carbonyl (C=O) groups is 1. The third kappa shape index (κ3) is 5.19. The van der Waals surface area contributed by atoms with Crippen LogP contribution in [0.25, 0.3) is 5.95 Å². The summed E-state index contributed by atoms with van der Waals surface area (Å²) in [6.07, 6.45) is 0.257. The summed E-state index contributed by atoms with van der Waals surface area (Å²) in [7, 11) is 0. The van der Waals surface area contributed by atoms with Crippen LogP contribution in [0.1, 0.15) is 33.9 Å². The van der Waals surface area contributed by atoms with E-state index in [1.165, 1.54) is 0 Å². The van der Waals surface area contributed by atoms with Gasteiger partial charge in [-0.25, -0.2) is 14.6 Å². The molecule has 0 unspecified atom stereocenters. The van der Waals surface area contributed by atoms with Crippen LogP contribution in [0.5, 0.6) is 5.75 Å². The number of benzene rings is 1. The Labute approximate surface area is 171 Å². The number of aromatic nitrogens is 4. The van der Waals surface area contributed by atoms with Crippen LogP contribution in [0, 0.1) is 34.6 Å². The van der Waals surface area contributed by atoms with Crippen molar-refractivity contribution in [2.45, 2.75) is 41.0 Å². The van der Waals surface area contributed by atoms with Crippen molar-refractivity contribution >= 4 is 5.91 Å². The van der Waals surface area contributed by atoms with Gasteiger partial charge in [-0.2, -0.15) is 5.10 Å². The van der Waals surface area contributed by atoms with Gasteiger partial charge in [0.15, 0.2) is 0 Å². The van der Waals surface area contributed by atoms with E-state index in [1.807, 2.05) is 65.0 Å². The van der Waals surface area contributed by atoms with Gasteiger partial charge in [0.05, 0.1) is 18.7 Å². The third-order valence-electron chi connectivity index (χ3n) is 4.62. The highest BCUT2D eigenvalue weighted by Crippen LogP contribution is 2.17. The van der Waals surface area contributed by atoms with Gasteiger partial charge in [-0.05, 0) is 58.4 Å². The van der Waals surface area contributed by atoms with Gasteiger partial charge < -0.3 is 10.1 Å². The molecule has 1 amide bonds. The van der Waals surface area contributed by atoms with Gasteiger partial charge in [-0.3, -0.25) is 4.79 Å². The summed E-state index contributed by atoms with van der Waals surface area (Å²) in [4.78, 5) is 21.3. The molecular weight excluding hydrogens is 366 g/mol. The number of amides is 1. The predicted molar refractivity (Wildman–Crippen MR) is 111 cm³/mol. The Morgan fingerprint density at radius 2 is 1.79 bits per heavy atom. The first kappa shape index (κ1) is 20.5. The van der Waals surface area contributed by atoms with Crippen LogP contribution in [-0.4, -0.2) is 38.8 Å². The largest absolute Gasteiger partial charge is 0.492 e. The number of hydrogen-bond acceptors (Lipinski definition) is 5. The fourth-order valence-corrected chi connectivity index (χ4v) is 3.22. The molecule has 1 N–H and O–H groups in total. The van der Waals surface area contributed by atoms with Gasteiger partial charge in [-0.1, -0.05) is 12.1 Å². The van der Waals surface area contributed by atoms with Crippen molar-refractivity contribution in [2.75, 3.05) is 13.2 Å². The maximum absolute atomic E-state index is 12.4. The standard InChI is InChI=1S/C22H27N5O2/c1-14-7-6-8-19(11-14)29-10-9-23-21(28)13-20-17(4)26-27(18(20)5)22-24-15(2)12-16(3)25-22/h6-8,11-12H,9-10,13H2,1-5H3,(H,23,28). The minimum Gasteiger partial charge on any atom is -0.492 e. The Kier molecular flexibility index (Phi) is 6.26. The fourth-order valence-electron chi connectivity index (χ4n) is 3.22. The summed E-state index contributed by atoms with van der Waals surface area (Å²) >= 11 is 0. The molecule has 3 aromatic rings. The van der Waals surface area contributed by atoms with Crippen molar-refractivity contribution in [1.82, 2.24) is 25.1 Å². The molecule has 3 rings (SSSR count). The van der Waals surface area contributed by atoms with Crippen molar-refractivity contribution < 1.29 is 9.53 Å². The normalized spacial score (nSPS) is 10.8. The summed E-state index contributed by atoms with van der Waals surface area (Å²) < 4.78 is 7.38. The lowest BCUT2D eigenvalue weighted by Gasteiger charge is -2.09. The second-order valence-electron chi connectivity index (χ2n) is 7.20. The molecule has 0 radical (unpaired) electrons. The molecule has 2 aromatic heterocycles. The monoisotopic (exact) mass is 393 g/mol. The Bertz CT molecular complexity index is 1010. The molecule has 0 saturated carbocycles. The summed E-state index contributed by atoms with van der Waals surface area (Å²) in [6, 6.07) is 9.76. The molecule has 0 aliphatic heterocycles. The van der Waals surface area contributed by atoms with Crippen LogP contribution in [0.4, 0.5) is 0 Å². The Balaban J connectivity index is 1.60. The summed E-state index contributed by atoms with van der Waals surface area (Å²) in [5, 5.41) is 7.45. The molecular formula is C22H27N5O2. The summed E-state index contributed by atoms with van der Waals surface area (Å²) in [6.45, 7) is 10.6. The first-order valence-corrected chi connectivity index (χ1v) is 9.67. The third-order valence-corrected chi connectivity index (χ3v) is 4.62. The predicted octanol–water partition coefficient (Wildman–Crippen LogP) is 2.94. The van der Waals surface area contributed by atoms with E-state index in [0.29, 0.717) is 19.1 Å². The Morgan fingerprint density at radius 1 is 1.07 bits per heavy atom. The number of aryl methyl sites for hydroxylation is 4. The maximum Gasteiger partial charge on any atom is 0.251 e. The van der Waals surface area contributed by atoms with E-state index in [0.717, 1.165) is 39.7 Å². The van der Waals surface area contributed by atoms with Crippen molar-refractivity contribution in [3.8, 4) is 11.7 Å². The minimum absolute atomic E-state index is 0.0649. The van der Waals surface area contributed by atoms with E-state index in [4.69, 9.17) is 4.74 Å². The highest BCUT2D eigenvalue weighted by molar-refractivity contribution is 5.79. The first-order valence-electron chi connectivity index (χ1n) is 9.67. The van der Waals surface area contributed by atoms with E-state index in [-0.39, 0.29) is 12.3 Å². The van der Waals surface area contributed by atoms with Crippen molar-refractivity contribution in [2.24, 2.45) is 0 Å². The lowest BCUT2D eigenvalue weighted by molar-refractivity contribution is -0.120. The van der Waals surface area contributed by atoms with Gasteiger partial charge in [0, 0.05) is 22.6 Å². The van der Waals surface area contributed by atoms with Crippen molar-refractivity contribution in [1.29, 1.82) is 0 Å². The van der Waals surface area contributed by atoms with Gasteiger partial charge in [0.25, 0.3) is 5.95 Å². The van der Waals surface area contributed by atoms with Crippen LogP contribution < -0.4 is 10.1 Å². The van der Waals surface area contributed by atoms with Crippen LogP contribution in [-0.2, 0) is 11.2 Å². The molecule has 0 spiro atoms. The van der Waals surface area contributed by atoms with E-state index in [9.17, 15) is 4.79 Å². The quantitative estimate of drug-likeness (QED) is 0.624. The van der Waals surface area contributed by atoms with Crippen LogP contribution in [0.3, 0.4) is 0 Å². The number of nitrogens with zero attached hydrogens (tertiary/aromatic N) is 4. The molecule has 0 atom stereocenters. The summed E-state index contributed by atoms with van der Waals surface area (Å²) in [5.74, 6) is 1.27. The molecule has 0 bridgehead atoms. The number of nitrogens with one attached hydrogen (secondary N) is 1. The van der Waals surface area contributed by atoms with Crippen LogP contribution >= 0.6 is 0 Å². The highest BCUT2D eigenvalue weighted by atomic mass is 16.5. The van der Waals surface area contributed by atoms with E-state index in [2.05, 4.69) is 20.4 Å². The first-order chi connectivity index (χ1) is 13.8. The second kappa shape index (κ2) is 8.86. The lowest BCUT2D eigenvalue weighted by Crippen LogP contribution is -2.29. The number of ether oxygens (including phenoxy) is 1. The van der Waals surface area contributed by atoms with Crippen LogP contribution in [0.15, 0.2) is 30.3 Å². The van der Waals surface area contributed by atoms with E-state index >= 15 is 0 Å². The van der Waals surface area contributed by atoms with E-state index in [1.54, 1.807) is 4.68 Å². The Morgan fingerprint density at radius 3 is 2.48 bits per heavy atom. The van der Waals surface area contributed by atoms with Gasteiger partial charge in [0.1, 0.15) is 12.4 Å². The zero-order chi connectivity index (χ0) is 21.0. The van der Waals surface area contributed by atoms with Gasteiger partial charge >= 0.3 is 0 Å². The van der Waals surface area contributed by atoms with Gasteiger partial charge in [0.2, 0.25) is 5.91 Å². The smallest absolute Gasteiger partial charge is 0.251 e. The van der Waals surface area contributed by atoms with Crippen LogP contribution in [0.2, 0.25) is 0 Å². The summed E-state index contributed by atoms with van der Waals surface area (Å²) in [5.41, 5.74) is 5.48. The number of rotatable bonds is 7. The maximum atomic E-state index is 12.4. The topological polar surface area (TPSA) is 81.9 Å². The average Bonchev–Trinajstić information content (AvgIpc) is 2.93. The molecule has 0 aliphatic rings. The molecule has 0 saturated heterocycles. The zero-order valence-corrected chi connectivity index (χ0v) is 17.6. The molecule has 29 heavy (non-hydrogen) atoms. The molecule has 0 aliphatic carbocycles. The lowest BCUT2D eigenvalue weighted by atomic mass is 10.1. The molecule has 1 aromatic carbocycles. The molecule has 7 heteroatoms. The second-order valence-corrected chi connectivity index (χ2v) is 7.20. The highest BCUT2D eigenvalue weighted by Gasteiger charge is 2.17. The number of carbonyl (C=O) groups excluding carboxylic acids is 1. The van der Waals surface area contributed by atoms with Crippen molar-refractivity contribution in [3.63, 3.8) is 0 Å². The molecule has 2 heterocycles. The molecule has 0 fully saturated rings. The molecule has 7 nitrogen and oxygen atoms in total. The SMILES string of the molecule is Cc1cccc(OCCNC(=O)Cc2c(C)nn(-c3nc(C)cc(C)n3)c2C)c1. The van der Waals surface area contributed by atoms with E-state index < -0.39 is 0 Å². The zero-order valence-electron chi connectivity index (χ0n) is 17.6.